The molecule has 1 rings (SSSR count). The molecule has 0 spiro atoms. The van der Waals surface area contributed by atoms with Crippen molar-refractivity contribution < 1.29 is 14.7 Å². The van der Waals surface area contributed by atoms with Crippen LogP contribution in [-0.2, 0) is 4.79 Å². The highest BCUT2D eigenvalue weighted by molar-refractivity contribution is 6.00. The lowest BCUT2D eigenvalue weighted by Crippen LogP contribution is -2.36. The molecule has 0 fully saturated rings. The minimum absolute atomic E-state index is 0.0723. The molecule has 116 valence electrons. The number of rotatable bonds is 10. The van der Waals surface area contributed by atoms with Gasteiger partial charge in [-0.15, -0.1) is 0 Å². The minimum atomic E-state index is -0.757. The van der Waals surface area contributed by atoms with Crippen LogP contribution in [-0.4, -0.2) is 29.4 Å². The topological polar surface area (TPSA) is 92.4 Å². The Hall–Kier alpha value is -1.88. The van der Waals surface area contributed by atoms with Gasteiger partial charge in [-0.2, -0.15) is 0 Å². The summed E-state index contributed by atoms with van der Waals surface area (Å²) in [7, 11) is 0. The number of anilines is 1. The van der Waals surface area contributed by atoms with Crippen LogP contribution in [0.3, 0.4) is 0 Å². The third-order valence-corrected chi connectivity index (χ3v) is 3.38. The van der Waals surface area contributed by atoms with Gasteiger partial charge in [0.05, 0.1) is 6.04 Å². The maximum Gasteiger partial charge on any atom is 0.303 e. The summed E-state index contributed by atoms with van der Waals surface area (Å²) >= 11 is 0. The summed E-state index contributed by atoms with van der Waals surface area (Å²) in [6.07, 6.45) is 3.34. The zero-order valence-electron chi connectivity index (χ0n) is 12.5. The Morgan fingerprint density at radius 1 is 1.19 bits per heavy atom. The third-order valence-electron chi connectivity index (χ3n) is 3.38. The maximum absolute atomic E-state index is 12.3. The molecule has 1 aromatic rings. The Balaban J connectivity index is 2.35. The number of unbranched alkanes of at least 4 members (excludes halogenated alkanes) is 2. The van der Waals surface area contributed by atoms with Crippen LogP contribution >= 0.6 is 0 Å². The number of nitrogens with two attached hydrogens (primary N) is 1. The molecule has 0 radical (unpaired) electrons. The average Bonchev–Trinajstić information content (AvgIpc) is 2.46. The molecule has 1 unspecified atom stereocenters. The lowest BCUT2D eigenvalue weighted by molar-refractivity contribution is -0.137. The molecular weight excluding hydrogens is 268 g/mol. The number of carbonyl (C=O) groups excluding carboxylic acids is 1. The summed E-state index contributed by atoms with van der Waals surface area (Å²) in [5, 5.41) is 11.8. The van der Waals surface area contributed by atoms with E-state index in [1.807, 2.05) is 6.92 Å². The molecule has 0 saturated carbocycles. The highest BCUT2D eigenvalue weighted by Gasteiger charge is 2.17. The van der Waals surface area contributed by atoms with Gasteiger partial charge in [0.1, 0.15) is 0 Å². The molecule has 1 atom stereocenters. The summed E-state index contributed by atoms with van der Waals surface area (Å²) < 4.78 is 0. The van der Waals surface area contributed by atoms with Gasteiger partial charge < -0.3 is 16.2 Å². The molecule has 0 aromatic heterocycles. The van der Waals surface area contributed by atoms with E-state index in [0.29, 0.717) is 17.7 Å². The fourth-order valence-electron chi connectivity index (χ4n) is 2.13. The van der Waals surface area contributed by atoms with Crippen molar-refractivity contribution in [1.29, 1.82) is 0 Å². The van der Waals surface area contributed by atoms with Gasteiger partial charge in [0, 0.05) is 17.7 Å². The van der Waals surface area contributed by atoms with Crippen LogP contribution in [0, 0.1) is 0 Å². The normalized spacial score (nSPS) is 12.0. The number of aliphatic carboxylic acids is 1. The number of Topliss-reactive ketones (excluding diaryl/α,β-unsaturated/α-hetero) is 1. The standard InChI is InChI=1S/C16H24N2O3/c1-2-14(18-11-5-3-4-6-15(19)20)16(21)12-7-9-13(17)10-8-12/h7-10,14,18H,2-6,11,17H2,1H3,(H,19,20). The smallest absolute Gasteiger partial charge is 0.303 e. The lowest BCUT2D eigenvalue weighted by atomic mass is 10.0. The Morgan fingerprint density at radius 3 is 2.43 bits per heavy atom. The van der Waals surface area contributed by atoms with Crippen molar-refractivity contribution >= 4 is 17.4 Å². The van der Waals surface area contributed by atoms with E-state index >= 15 is 0 Å². The van der Waals surface area contributed by atoms with E-state index in [1.165, 1.54) is 0 Å². The van der Waals surface area contributed by atoms with Crippen LogP contribution < -0.4 is 11.1 Å². The molecular formula is C16H24N2O3. The quantitative estimate of drug-likeness (QED) is 0.350. The van der Waals surface area contributed by atoms with Crippen molar-refractivity contribution in [3.8, 4) is 0 Å². The molecule has 5 nitrogen and oxygen atoms in total. The molecule has 0 aliphatic heterocycles. The van der Waals surface area contributed by atoms with Crippen LogP contribution in [0.5, 0.6) is 0 Å². The summed E-state index contributed by atoms with van der Waals surface area (Å²) in [5.41, 5.74) is 6.92. The monoisotopic (exact) mass is 292 g/mol. The number of hydrogen-bond acceptors (Lipinski definition) is 4. The van der Waals surface area contributed by atoms with Gasteiger partial charge in [0.25, 0.3) is 0 Å². The van der Waals surface area contributed by atoms with Crippen LogP contribution in [0.4, 0.5) is 5.69 Å². The molecule has 0 bridgehead atoms. The Morgan fingerprint density at radius 2 is 1.86 bits per heavy atom. The number of carboxylic acid groups (broad SMARTS) is 1. The number of hydrogen-bond donors (Lipinski definition) is 3. The molecule has 0 saturated heterocycles. The number of nitrogens with one attached hydrogen (secondary N) is 1. The maximum atomic E-state index is 12.3. The van der Waals surface area contributed by atoms with Gasteiger partial charge >= 0.3 is 5.97 Å². The molecule has 0 heterocycles. The fraction of sp³-hybridized carbons (Fsp3) is 0.500. The van der Waals surface area contributed by atoms with E-state index in [1.54, 1.807) is 24.3 Å². The van der Waals surface area contributed by atoms with E-state index in [0.717, 1.165) is 25.8 Å². The van der Waals surface area contributed by atoms with Crippen molar-refractivity contribution in [2.75, 3.05) is 12.3 Å². The SMILES string of the molecule is CCC(NCCCCCC(=O)O)C(=O)c1ccc(N)cc1. The van der Waals surface area contributed by atoms with Crippen LogP contribution in [0.25, 0.3) is 0 Å². The molecule has 1 aromatic carbocycles. The predicted molar refractivity (Wildman–Crippen MR) is 83.4 cm³/mol. The number of carboxylic acids is 1. The first-order chi connectivity index (χ1) is 10.0. The second kappa shape index (κ2) is 9.13. The van der Waals surface area contributed by atoms with Gasteiger partial charge in [-0.25, -0.2) is 0 Å². The van der Waals surface area contributed by atoms with E-state index in [4.69, 9.17) is 10.8 Å². The van der Waals surface area contributed by atoms with Gasteiger partial charge in [0.2, 0.25) is 0 Å². The highest BCUT2D eigenvalue weighted by Crippen LogP contribution is 2.10. The first kappa shape index (κ1) is 17.2. The number of nitrogen functional groups attached to an aromatic ring is 1. The van der Waals surface area contributed by atoms with Crippen molar-refractivity contribution in [1.82, 2.24) is 5.32 Å². The predicted octanol–water partition coefficient (Wildman–Crippen LogP) is 2.46. The fourth-order valence-corrected chi connectivity index (χ4v) is 2.13. The molecule has 0 aliphatic rings. The molecule has 0 amide bonds. The molecule has 4 N–H and O–H groups in total. The summed E-state index contributed by atoms with van der Waals surface area (Å²) in [5.74, 6) is -0.684. The van der Waals surface area contributed by atoms with Crippen LogP contribution in [0.1, 0.15) is 49.4 Å². The summed E-state index contributed by atoms with van der Waals surface area (Å²) in [4.78, 5) is 22.7. The molecule has 0 aliphatic carbocycles. The Labute approximate surface area is 125 Å². The van der Waals surface area contributed by atoms with E-state index < -0.39 is 5.97 Å². The zero-order valence-corrected chi connectivity index (χ0v) is 12.5. The number of benzene rings is 1. The van der Waals surface area contributed by atoms with Crippen molar-refractivity contribution in [3.63, 3.8) is 0 Å². The Kier molecular flexibility index (Phi) is 7.46. The summed E-state index contributed by atoms with van der Waals surface area (Å²) in [6.45, 7) is 2.69. The van der Waals surface area contributed by atoms with Crippen molar-refractivity contribution in [2.45, 2.75) is 45.1 Å². The van der Waals surface area contributed by atoms with Gasteiger partial charge in [-0.3, -0.25) is 9.59 Å². The van der Waals surface area contributed by atoms with Crippen molar-refractivity contribution in [2.24, 2.45) is 0 Å². The average molecular weight is 292 g/mol. The lowest BCUT2D eigenvalue weighted by Gasteiger charge is -2.16. The number of ketones is 1. The zero-order chi connectivity index (χ0) is 15.7. The highest BCUT2D eigenvalue weighted by atomic mass is 16.4. The first-order valence-corrected chi connectivity index (χ1v) is 7.39. The van der Waals surface area contributed by atoms with E-state index in [-0.39, 0.29) is 18.2 Å². The summed E-state index contributed by atoms with van der Waals surface area (Å²) in [6, 6.07) is 6.75. The first-order valence-electron chi connectivity index (χ1n) is 7.39. The van der Waals surface area contributed by atoms with Gasteiger partial charge in [0.15, 0.2) is 5.78 Å². The second-order valence-corrected chi connectivity index (χ2v) is 5.11. The van der Waals surface area contributed by atoms with Gasteiger partial charge in [-0.1, -0.05) is 13.3 Å². The minimum Gasteiger partial charge on any atom is -0.481 e. The largest absolute Gasteiger partial charge is 0.481 e. The second-order valence-electron chi connectivity index (χ2n) is 5.11. The third kappa shape index (κ3) is 6.40. The Bertz CT molecular complexity index is 457. The van der Waals surface area contributed by atoms with E-state index in [2.05, 4.69) is 5.32 Å². The van der Waals surface area contributed by atoms with E-state index in [9.17, 15) is 9.59 Å². The van der Waals surface area contributed by atoms with Crippen LogP contribution in [0.2, 0.25) is 0 Å². The van der Waals surface area contributed by atoms with Crippen molar-refractivity contribution in [3.05, 3.63) is 29.8 Å². The molecule has 5 heteroatoms. The molecule has 21 heavy (non-hydrogen) atoms. The van der Waals surface area contributed by atoms with Crippen LogP contribution in [0.15, 0.2) is 24.3 Å². The number of carbonyl (C=O) groups is 2. The van der Waals surface area contributed by atoms with Gasteiger partial charge in [-0.05, 0) is 50.1 Å².